The van der Waals surface area contributed by atoms with Crippen molar-refractivity contribution in [1.29, 1.82) is 0 Å². The molecule has 0 atom stereocenters. The van der Waals surface area contributed by atoms with Gasteiger partial charge in [-0.3, -0.25) is 9.69 Å². The van der Waals surface area contributed by atoms with Gasteiger partial charge in [0.25, 0.3) is 5.91 Å². The van der Waals surface area contributed by atoms with Gasteiger partial charge in [0.05, 0.1) is 23.3 Å². The van der Waals surface area contributed by atoms with Crippen LogP contribution in [0.2, 0.25) is 0 Å². The van der Waals surface area contributed by atoms with Crippen LogP contribution in [-0.4, -0.2) is 62.8 Å². The normalized spacial score (nSPS) is 14.9. The Bertz CT molecular complexity index is 1290. The Kier molecular flexibility index (Phi) is 7.60. The van der Waals surface area contributed by atoms with Crippen molar-refractivity contribution in [3.05, 3.63) is 95.6 Å². The average Bonchev–Trinajstić information content (AvgIpc) is 2.90. The molecule has 0 unspecified atom stereocenters. The fraction of sp³-hybridized carbons (Fsp3) is 0.231. The Labute approximate surface area is 205 Å². The molecule has 1 fully saturated rings. The summed E-state index contributed by atoms with van der Waals surface area (Å²) in [4.78, 5) is 27.1. The van der Waals surface area contributed by atoms with Crippen LogP contribution in [0.15, 0.2) is 83.8 Å². The molecule has 1 saturated heterocycles. The van der Waals surface area contributed by atoms with Crippen LogP contribution in [-0.2, 0) is 21.3 Å². The van der Waals surface area contributed by atoms with E-state index in [1.54, 1.807) is 66.7 Å². The molecular weight excluding hydrogens is 466 g/mol. The zero-order chi connectivity index (χ0) is 24.8. The van der Waals surface area contributed by atoms with Gasteiger partial charge in [-0.2, -0.15) is 4.31 Å². The van der Waals surface area contributed by atoms with Gasteiger partial charge < -0.3 is 10.1 Å². The Morgan fingerprint density at radius 3 is 2.14 bits per heavy atom. The molecular formula is C26H27N3O5S. The smallest absolute Gasteiger partial charge is 0.339 e. The second-order valence-corrected chi connectivity index (χ2v) is 10.1. The van der Waals surface area contributed by atoms with E-state index in [0.717, 1.165) is 5.56 Å². The highest BCUT2D eigenvalue weighted by Crippen LogP contribution is 2.20. The largest absolute Gasteiger partial charge is 0.465 e. The first kappa shape index (κ1) is 24.6. The molecule has 1 N–H and O–H groups in total. The van der Waals surface area contributed by atoms with Crippen molar-refractivity contribution in [3.8, 4) is 0 Å². The van der Waals surface area contributed by atoms with Crippen molar-refractivity contribution < 1.29 is 22.7 Å². The summed E-state index contributed by atoms with van der Waals surface area (Å²) in [5.74, 6) is -0.847. The van der Waals surface area contributed by atoms with Crippen molar-refractivity contribution in [2.45, 2.75) is 11.4 Å². The van der Waals surface area contributed by atoms with Crippen molar-refractivity contribution in [3.63, 3.8) is 0 Å². The minimum absolute atomic E-state index is 0.286. The van der Waals surface area contributed by atoms with Gasteiger partial charge in [0.15, 0.2) is 0 Å². The summed E-state index contributed by atoms with van der Waals surface area (Å²) < 4.78 is 31.9. The molecule has 0 aliphatic carbocycles. The number of hydrogen-bond acceptors (Lipinski definition) is 6. The van der Waals surface area contributed by atoms with Crippen LogP contribution in [0.25, 0.3) is 0 Å². The van der Waals surface area contributed by atoms with Crippen molar-refractivity contribution in [1.82, 2.24) is 9.21 Å². The Morgan fingerprint density at radius 1 is 0.857 bits per heavy atom. The Hall–Kier alpha value is -3.53. The number of esters is 1. The van der Waals surface area contributed by atoms with E-state index in [4.69, 9.17) is 4.74 Å². The first-order valence-electron chi connectivity index (χ1n) is 11.2. The summed E-state index contributed by atoms with van der Waals surface area (Å²) in [7, 11) is -2.18. The number of methoxy groups -OCH3 is 1. The molecule has 1 heterocycles. The van der Waals surface area contributed by atoms with Gasteiger partial charge in [0, 0.05) is 38.3 Å². The van der Waals surface area contributed by atoms with Crippen LogP contribution in [0, 0.1) is 0 Å². The number of anilines is 1. The Balaban J connectivity index is 1.33. The molecule has 0 aromatic heterocycles. The number of hydrogen-bond donors (Lipinski definition) is 1. The summed E-state index contributed by atoms with van der Waals surface area (Å²) in [6.07, 6.45) is 0. The molecule has 1 amide bonds. The maximum Gasteiger partial charge on any atom is 0.339 e. The minimum atomic E-state index is -3.48. The highest BCUT2D eigenvalue weighted by molar-refractivity contribution is 7.89. The molecule has 0 spiro atoms. The molecule has 3 aromatic rings. The summed E-state index contributed by atoms with van der Waals surface area (Å²) in [6, 6.07) is 22.4. The summed E-state index contributed by atoms with van der Waals surface area (Å²) >= 11 is 0. The lowest BCUT2D eigenvalue weighted by Gasteiger charge is -2.34. The lowest BCUT2D eigenvalue weighted by molar-refractivity contribution is 0.0602. The molecule has 4 rings (SSSR count). The highest BCUT2D eigenvalue weighted by Gasteiger charge is 2.28. The van der Waals surface area contributed by atoms with E-state index in [1.165, 1.54) is 11.4 Å². The lowest BCUT2D eigenvalue weighted by Crippen LogP contribution is -2.48. The third-order valence-corrected chi connectivity index (χ3v) is 7.83. The van der Waals surface area contributed by atoms with E-state index in [9.17, 15) is 18.0 Å². The number of benzene rings is 3. The van der Waals surface area contributed by atoms with Gasteiger partial charge in [0.1, 0.15) is 0 Å². The van der Waals surface area contributed by atoms with E-state index in [-0.39, 0.29) is 11.5 Å². The monoisotopic (exact) mass is 493 g/mol. The van der Waals surface area contributed by atoms with Crippen LogP contribution in [0.1, 0.15) is 26.3 Å². The molecule has 1 aliphatic heterocycles. The number of amides is 1. The molecule has 8 nitrogen and oxygen atoms in total. The number of rotatable bonds is 7. The molecule has 35 heavy (non-hydrogen) atoms. The van der Waals surface area contributed by atoms with E-state index in [1.807, 2.05) is 12.1 Å². The third kappa shape index (κ3) is 5.76. The number of para-hydroxylation sites is 1. The van der Waals surface area contributed by atoms with Crippen molar-refractivity contribution in [2.75, 3.05) is 38.6 Å². The molecule has 0 bridgehead atoms. The van der Waals surface area contributed by atoms with Gasteiger partial charge in [0.2, 0.25) is 10.0 Å². The van der Waals surface area contributed by atoms with Gasteiger partial charge in [-0.05, 0) is 42.0 Å². The number of sulfonamides is 1. The van der Waals surface area contributed by atoms with Crippen LogP contribution in [0.3, 0.4) is 0 Å². The topological polar surface area (TPSA) is 96.0 Å². The summed E-state index contributed by atoms with van der Waals surface area (Å²) in [6.45, 7) is 2.76. The van der Waals surface area contributed by atoms with E-state index in [2.05, 4.69) is 10.2 Å². The number of carbonyl (C=O) groups is 2. The van der Waals surface area contributed by atoms with Crippen LogP contribution < -0.4 is 5.32 Å². The van der Waals surface area contributed by atoms with Gasteiger partial charge in [-0.15, -0.1) is 0 Å². The highest BCUT2D eigenvalue weighted by atomic mass is 32.2. The van der Waals surface area contributed by atoms with Crippen LogP contribution in [0.4, 0.5) is 5.69 Å². The molecule has 3 aromatic carbocycles. The zero-order valence-corrected chi connectivity index (χ0v) is 20.2. The first-order valence-corrected chi connectivity index (χ1v) is 12.7. The predicted octanol–water partition coefficient (Wildman–Crippen LogP) is 3.23. The molecule has 0 saturated carbocycles. The van der Waals surface area contributed by atoms with E-state index < -0.39 is 16.0 Å². The third-order valence-electron chi connectivity index (χ3n) is 5.92. The van der Waals surface area contributed by atoms with Crippen LogP contribution >= 0.6 is 0 Å². The minimum Gasteiger partial charge on any atom is -0.465 e. The molecule has 1 aliphatic rings. The average molecular weight is 494 g/mol. The quantitative estimate of drug-likeness (QED) is 0.508. The van der Waals surface area contributed by atoms with E-state index >= 15 is 0 Å². The van der Waals surface area contributed by atoms with Crippen molar-refractivity contribution in [2.24, 2.45) is 0 Å². The molecule has 182 valence electrons. The maximum atomic E-state index is 12.8. The number of carbonyl (C=O) groups excluding carboxylic acids is 2. The predicted molar refractivity (Wildman–Crippen MR) is 133 cm³/mol. The SMILES string of the molecule is COC(=O)c1ccccc1NC(=O)c1ccc(CN2CCN(S(=O)(=O)c3ccccc3)CC2)cc1. The number of ether oxygens (including phenoxy) is 1. The first-order chi connectivity index (χ1) is 16.9. The number of nitrogens with one attached hydrogen (secondary N) is 1. The second kappa shape index (κ2) is 10.8. The van der Waals surface area contributed by atoms with Gasteiger partial charge >= 0.3 is 5.97 Å². The zero-order valence-electron chi connectivity index (χ0n) is 19.4. The number of piperazine rings is 1. The second-order valence-electron chi connectivity index (χ2n) is 8.18. The van der Waals surface area contributed by atoms with Crippen molar-refractivity contribution >= 4 is 27.6 Å². The fourth-order valence-electron chi connectivity index (χ4n) is 3.96. The van der Waals surface area contributed by atoms with Crippen LogP contribution in [0.5, 0.6) is 0 Å². The van der Waals surface area contributed by atoms with Gasteiger partial charge in [-0.1, -0.05) is 42.5 Å². The van der Waals surface area contributed by atoms with E-state index in [0.29, 0.717) is 48.9 Å². The Morgan fingerprint density at radius 2 is 1.49 bits per heavy atom. The lowest BCUT2D eigenvalue weighted by atomic mass is 10.1. The fourth-order valence-corrected chi connectivity index (χ4v) is 5.41. The van der Waals surface area contributed by atoms with Gasteiger partial charge in [-0.25, -0.2) is 13.2 Å². The maximum absolute atomic E-state index is 12.8. The standard InChI is InChI=1S/C26H27N3O5S/c1-34-26(31)23-9-5-6-10-24(23)27-25(30)21-13-11-20(12-14-21)19-28-15-17-29(18-16-28)35(32,33)22-7-3-2-4-8-22/h2-14H,15-19H2,1H3,(H,27,30). The molecule has 0 radical (unpaired) electrons. The summed E-state index contributed by atoms with van der Waals surface area (Å²) in [5, 5.41) is 2.76. The molecule has 9 heteroatoms. The summed E-state index contributed by atoms with van der Waals surface area (Å²) in [5.41, 5.74) is 2.16. The number of nitrogens with zero attached hydrogens (tertiary/aromatic N) is 2.